The van der Waals surface area contributed by atoms with Crippen LogP contribution < -0.4 is 5.32 Å². The molecule has 0 radical (unpaired) electrons. The monoisotopic (exact) mass is 236 g/mol. The first kappa shape index (κ1) is 11.7. The quantitative estimate of drug-likeness (QED) is 0.854. The van der Waals surface area contributed by atoms with E-state index in [4.69, 9.17) is 4.42 Å². The van der Waals surface area contributed by atoms with E-state index >= 15 is 0 Å². The molecule has 1 aliphatic heterocycles. The molecule has 5 heteroatoms. The van der Waals surface area contributed by atoms with E-state index in [0.29, 0.717) is 12.2 Å². The van der Waals surface area contributed by atoms with Gasteiger partial charge in [0.25, 0.3) is 0 Å². The van der Waals surface area contributed by atoms with E-state index in [-0.39, 0.29) is 24.4 Å². The first-order valence-electron chi connectivity index (χ1n) is 5.77. The number of piperazine rings is 1. The van der Waals surface area contributed by atoms with Crippen molar-refractivity contribution in [1.82, 2.24) is 10.2 Å². The number of hydrogen-bond acceptors (Lipinski definition) is 3. The number of rotatable bonds is 3. The van der Waals surface area contributed by atoms with Crippen molar-refractivity contribution in [2.24, 2.45) is 0 Å². The van der Waals surface area contributed by atoms with E-state index in [1.54, 1.807) is 17.2 Å². The van der Waals surface area contributed by atoms with Crippen molar-refractivity contribution in [2.45, 2.75) is 32.4 Å². The van der Waals surface area contributed by atoms with Gasteiger partial charge in [-0.15, -0.1) is 0 Å². The smallest absolute Gasteiger partial charge is 0.243 e. The number of hydrogen-bond donors (Lipinski definition) is 1. The zero-order valence-corrected chi connectivity index (χ0v) is 9.97. The molecule has 92 valence electrons. The van der Waals surface area contributed by atoms with Crippen molar-refractivity contribution >= 4 is 11.8 Å². The lowest BCUT2D eigenvalue weighted by molar-refractivity contribution is -0.148. The number of carbonyl (C=O) groups is 2. The van der Waals surface area contributed by atoms with Gasteiger partial charge in [-0.2, -0.15) is 0 Å². The normalized spacial score (nSPS) is 22.5. The van der Waals surface area contributed by atoms with Crippen molar-refractivity contribution in [1.29, 1.82) is 0 Å². The molecule has 0 aromatic carbocycles. The van der Waals surface area contributed by atoms with Crippen LogP contribution in [0.25, 0.3) is 0 Å². The topological polar surface area (TPSA) is 62.6 Å². The molecule has 17 heavy (non-hydrogen) atoms. The van der Waals surface area contributed by atoms with E-state index < -0.39 is 6.04 Å². The molecule has 1 aromatic heterocycles. The molecule has 0 aliphatic carbocycles. The maximum Gasteiger partial charge on any atom is 0.243 e. The summed E-state index contributed by atoms with van der Waals surface area (Å²) in [6, 6.07) is 2.98. The molecule has 1 saturated heterocycles. The number of nitrogens with zero attached hydrogens (tertiary/aromatic N) is 1. The summed E-state index contributed by atoms with van der Waals surface area (Å²) in [6.45, 7) is 3.84. The summed E-state index contributed by atoms with van der Waals surface area (Å²) < 4.78 is 5.30. The van der Waals surface area contributed by atoms with Gasteiger partial charge in [0.1, 0.15) is 11.8 Å². The molecule has 0 spiro atoms. The van der Waals surface area contributed by atoms with Crippen molar-refractivity contribution in [3.05, 3.63) is 24.2 Å². The highest BCUT2D eigenvalue weighted by molar-refractivity contribution is 5.94. The van der Waals surface area contributed by atoms with Crippen molar-refractivity contribution < 1.29 is 14.0 Å². The van der Waals surface area contributed by atoms with Crippen LogP contribution in [0.5, 0.6) is 0 Å². The molecule has 1 N–H and O–H groups in total. The van der Waals surface area contributed by atoms with Gasteiger partial charge >= 0.3 is 0 Å². The third-order valence-electron chi connectivity index (χ3n) is 3.10. The van der Waals surface area contributed by atoms with Crippen LogP contribution in [0.3, 0.4) is 0 Å². The van der Waals surface area contributed by atoms with Crippen LogP contribution in [0.15, 0.2) is 22.8 Å². The van der Waals surface area contributed by atoms with Crippen LogP contribution in [-0.4, -0.2) is 29.3 Å². The Morgan fingerprint density at radius 2 is 2.35 bits per heavy atom. The van der Waals surface area contributed by atoms with Crippen LogP contribution in [0.1, 0.15) is 32.1 Å². The Bertz CT molecular complexity index is 413. The highest BCUT2D eigenvalue weighted by atomic mass is 16.3. The van der Waals surface area contributed by atoms with Gasteiger partial charge in [-0.1, -0.05) is 6.92 Å². The third kappa shape index (κ3) is 2.05. The second-order valence-corrected chi connectivity index (χ2v) is 4.13. The van der Waals surface area contributed by atoms with Crippen LogP contribution in [-0.2, 0) is 9.59 Å². The molecule has 2 amide bonds. The average Bonchev–Trinajstić information content (AvgIpc) is 2.84. The Morgan fingerprint density at radius 3 is 2.94 bits per heavy atom. The van der Waals surface area contributed by atoms with Gasteiger partial charge in [0.15, 0.2) is 0 Å². The van der Waals surface area contributed by atoms with Crippen LogP contribution in [0, 0.1) is 0 Å². The van der Waals surface area contributed by atoms with E-state index in [9.17, 15) is 9.59 Å². The second kappa shape index (κ2) is 4.61. The van der Waals surface area contributed by atoms with Crippen LogP contribution >= 0.6 is 0 Å². The summed E-state index contributed by atoms with van der Waals surface area (Å²) in [6.07, 6.45) is 2.17. The number of carbonyl (C=O) groups excluding carboxylic acids is 2. The third-order valence-corrected chi connectivity index (χ3v) is 3.10. The zero-order valence-electron chi connectivity index (χ0n) is 9.97. The number of amides is 2. The van der Waals surface area contributed by atoms with Gasteiger partial charge in [-0.3, -0.25) is 9.59 Å². The molecule has 1 aliphatic rings. The largest absolute Gasteiger partial charge is 0.467 e. The van der Waals surface area contributed by atoms with Crippen LogP contribution in [0.2, 0.25) is 0 Å². The first-order chi connectivity index (χ1) is 8.15. The van der Waals surface area contributed by atoms with Crippen molar-refractivity contribution in [2.75, 3.05) is 6.54 Å². The van der Waals surface area contributed by atoms with E-state index in [1.807, 2.05) is 19.9 Å². The SMILES string of the molecule is CCC1C(=O)NCC(=O)N1C(C)c1ccco1. The Balaban J connectivity index is 2.26. The van der Waals surface area contributed by atoms with Crippen LogP contribution in [0.4, 0.5) is 0 Å². The standard InChI is InChI=1S/C12H16N2O3/c1-3-9-12(16)13-7-11(15)14(9)8(2)10-5-4-6-17-10/h4-6,8-9H,3,7H2,1-2H3,(H,13,16). The zero-order chi connectivity index (χ0) is 12.4. The van der Waals surface area contributed by atoms with Crippen molar-refractivity contribution in [3.63, 3.8) is 0 Å². The van der Waals surface area contributed by atoms with Gasteiger partial charge in [0.05, 0.1) is 18.8 Å². The maximum absolute atomic E-state index is 11.9. The molecule has 5 nitrogen and oxygen atoms in total. The lowest BCUT2D eigenvalue weighted by atomic mass is 10.1. The summed E-state index contributed by atoms with van der Waals surface area (Å²) in [7, 11) is 0. The lowest BCUT2D eigenvalue weighted by Crippen LogP contribution is -2.58. The van der Waals surface area contributed by atoms with Gasteiger partial charge in [0, 0.05) is 0 Å². The Hall–Kier alpha value is -1.78. The van der Waals surface area contributed by atoms with E-state index in [2.05, 4.69) is 5.32 Å². The molecule has 2 heterocycles. The number of nitrogens with one attached hydrogen (secondary N) is 1. The van der Waals surface area contributed by atoms with Crippen molar-refractivity contribution in [3.8, 4) is 0 Å². The second-order valence-electron chi connectivity index (χ2n) is 4.13. The fourth-order valence-electron chi connectivity index (χ4n) is 2.21. The predicted octanol–water partition coefficient (Wildman–Crippen LogP) is 1.08. The van der Waals surface area contributed by atoms with E-state index in [1.165, 1.54) is 0 Å². The minimum atomic E-state index is -0.406. The van der Waals surface area contributed by atoms with Gasteiger partial charge in [-0.25, -0.2) is 0 Å². The molecule has 2 atom stereocenters. The fourth-order valence-corrected chi connectivity index (χ4v) is 2.21. The highest BCUT2D eigenvalue weighted by Gasteiger charge is 2.37. The first-order valence-corrected chi connectivity index (χ1v) is 5.77. The number of furan rings is 1. The minimum Gasteiger partial charge on any atom is -0.467 e. The molecule has 2 unspecified atom stereocenters. The lowest BCUT2D eigenvalue weighted by Gasteiger charge is -2.37. The van der Waals surface area contributed by atoms with Gasteiger partial charge < -0.3 is 14.6 Å². The Labute approximate surface area is 99.8 Å². The molecule has 0 saturated carbocycles. The minimum absolute atomic E-state index is 0.0691. The maximum atomic E-state index is 11.9. The summed E-state index contributed by atoms with van der Waals surface area (Å²) in [5, 5.41) is 2.60. The van der Waals surface area contributed by atoms with Gasteiger partial charge in [0.2, 0.25) is 11.8 Å². The molecule has 1 aromatic rings. The summed E-state index contributed by atoms with van der Waals surface area (Å²) in [5.74, 6) is 0.539. The summed E-state index contributed by atoms with van der Waals surface area (Å²) >= 11 is 0. The summed E-state index contributed by atoms with van der Waals surface area (Å²) in [4.78, 5) is 25.2. The molecular weight excluding hydrogens is 220 g/mol. The molecule has 0 bridgehead atoms. The molecule has 2 rings (SSSR count). The Kier molecular flexibility index (Phi) is 3.17. The highest BCUT2D eigenvalue weighted by Crippen LogP contribution is 2.25. The van der Waals surface area contributed by atoms with E-state index in [0.717, 1.165) is 0 Å². The summed E-state index contributed by atoms with van der Waals surface area (Å²) in [5.41, 5.74) is 0. The molecular formula is C12H16N2O3. The molecule has 1 fully saturated rings. The predicted molar refractivity (Wildman–Crippen MR) is 61.1 cm³/mol. The average molecular weight is 236 g/mol. The Morgan fingerprint density at radius 1 is 1.59 bits per heavy atom. The fraction of sp³-hybridized carbons (Fsp3) is 0.500. The van der Waals surface area contributed by atoms with Gasteiger partial charge in [-0.05, 0) is 25.5 Å².